The van der Waals surface area contributed by atoms with Crippen molar-refractivity contribution in [1.82, 2.24) is 15.2 Å². The van der Waals surface area contributed by atoms with Crippen molar-refractivity contribution in [2.24, 2.45) is 5.10 Å². The number of anilines is 2. The standard InChI is InChI=1S/C24H21N5O2/c1-2-29-24(31)21-11-7-6-10-20(21)22(28-29)23(30)27-25-16-17-12-14-19(15-13-17)26-18-8-4-3-5-9-18/h3-16,26H,2H2,1H3,(H,27,30)/b25-16-. The van der Waals surface area contributed by atoms with Gasteiger partial charge in [0.1, 0.15) is 0 Å². The Morgan fingerprint density at radius 1 is 0.935 bits per heavy atom. The molecule has 154 valence electrons. The Kier molecular flexibility index (Phi) is 5.84. The van der Waals surface area contributed by atoms with E-state index in [4.69, 9.17) is 0 Å². The highest BCUT2D eigenvalue weighted by Gasteiger charge is 2.15. The first-order chi connectivity index (χ1) is 15.2. The van der Waals surface area contributed by atoms with E-state index < -0.39 is 5.91 Å². The Balaban J connectivity index is 1.48. The van der Waals surface area contributed by atoms with Crippen molar-refractivity contribution in [2.45, 2.75) is 13.5 Å². The van der Waals surface area contributed by atoms with Crippen molar-refractivity contribution in [3.8, 4) is 0 Å². The maximum Gasteiger partial charge on any atom is 0.292 e. The fourth-order valence-corrected chi connectivity index (χ4v) is 3.18. The highest BCUT2D eigenvalue weighted by atomic mass is 16.2. The average molecular weight is 411 g/mol. The van der Waals surface area contributed by atoms with Gasteiger partial charge in [-0.25, -0.2) is 10.1 Å². The van der Waals surface area contributed by atoms with Crippen LogP contribution in [0.3, 0.4) is 0 Å². The first-order valence-electron chi connectivity index (χ1n) is 9.91. The molecule has 3 aromatic carbocycles. The molecule has 1 amide bonds. The first-order valence-corrected chi connectivity index (χ1v) is 9.91. The predicted molar refractivity (Wildman–Crippen MR) is 123 cm³/mol. The number of nitrogens with zero attached hydrogens (tertiary/aromatic N) is 3. The van der Waals surface area contributed by atoms with E-state index in [1.807, 2.05) is 54.6 Å². The number of hydrazone groups is 1. The summed E-state index contributed by atoms with van der Waals surface area (Å²) in [5.74, 6) is -0.475. The summed E-state index contributed by atoms with van der Waals surface area (Å²) in [4.78, 5) is 25.1. The number of rotatable bonds is 6. The van der Waals surface area contributed by atoms with Gasteiger partial charge in [-0.3, -0.25) is 9.59 Å². The second-order valence-electron chi connectivity index (χ2n) is 6.83. The van der Waals surface area contributed by atoms with Gasteiger partial charge < -0.3 is 5.32 Å². The number of aromatic nitrogens is 2. The molecule has 0 saturated carbocycles. The molecule has 4 rings (SSSR count). The molecule has 0 radical (unpaired) electrons. The number of nitrogens with one attached hydrogen (secondary N) is 2. The van der Waals surface area contributed by atoms with Gasteiger partial charge in [0.2, 0.25) is 0 Å². The van der Waals surface area contributed by atoms with Gasteiger partial charge in [0, 0.05) is 23.3 Å². The second-order valence-corrected chi connectivity index (χ2v) is 6.83. The van der Waals surface area contributed by atoms with Gasteiger partial charge in [-0.2, -0.15) is 10.2 Å². The Labute approximate surface area is 179 Å². The lowest BCUT2D eigenvalue weighted by atomic mass is 10.1. The highest BCUT2D eigenvalue weighted by molar-refractivity contribution is 6.05. The van der Waals surface area contributed by atoms with Crippen LogP contribution in [0.15, 0.2) is 88.8 Å². The summed E-state index contributed by atoms with van der Waals surface area (Å²) in [7, 11) is 0. The Morgan fingerprint density at radius 3 is 2.29 bits per heavy atom. The van der Waals surface area contributed by atoms with E-state index in [0.717, 1.165) is 16.9 Å². The lowest BCUT2D eigenvalue weighted by Gasteiger charge is -2.08. The minimum Gasteiger partial charge on any atom is -0.356 e. The maximum absolute atomic E-state index is 12.7. The summed E-state index contributed by atoms with van der Waals surface area (Å²) in [5, 5.41) is 12.5. The number of benzene rings is 3. The van der Waals surface area contributed by atoms with Crippen molar-refractivity contribution in [2.75, 3.05) is 5.32 Å². The van der Waals surface area contributed by atoms with Gasteiger partial charge in [0.25, 0.3) is 11.5 Å². The number of amides is 1. The quantitative estimate of drug-likeness (QED) is 0.372. The average Bonchev–Trinajstić information content (AvgIpc) is 2.81. The third kappa shape index (κ3) is 4.51. The summed E-state index contributed by atoms with van der Waals surface area (Å²) in [6.45, 7) is 2.18. The summed E-state index contributed by atoms with van der Waals surface area (Å²) in [6, 6.07) is 24.5. The molecule has 0 aliphatic heterocycles. The van der Waals surface area contributed by atoms with Gasteiger partial charge in [0.15, 0.2) is 5.69 Å². The number of hydrogen-bond acceptors (Lipinski definition) is 5. The largest absolute Gasteiger partial charge is 0.356 e. The third-order valence-electron chi connectivity index (χ3n) is 4.74. The van der Waals surface area contributed by atoms with Crippen LogP contribution in [0.2, 0.25) is 0 Å². The number of hydrogen-bond donors (Lipinski definition) is 2. The lowest BCUT2D eigenvalue weighted by Crippen LogP contribution is -2.28. The predicted octanol–water partition coefficient (Wildman–Crippen LogP) is 3.92. The summed E-state index contributed by atoms with van der Waals surface area (Å²) < 4.78 is 1.28. The van der Waals surface area contributed by atoms with E-state index in [1.54, 1.807) is 37.4 Å². The normalized spacial score (nSPS) is 11.0. The molecule has 2 N–H and O–H groups in total. The zero-order valence-electron chi connectivity index (χ0n) is 16.9. The Hall–Kier alpha value is -4.26. The molecule has 0 unspecified atom stereocenters. The summed E-state index contributed by atoms with van der Waals surface area (Å²) in [6.07, 6.45) is 1.56. The molecule has 0 aliphatic rings. The van der Waals surface area contributed by atoms with Crippen LogP contribution in [-0.2, 0) is 6.54 Å². The zero-order chi connectivity index (χ0) is 21.6. The van der Waals surface area contributed by atoms with Crippen LogP contribution in [-0.4, -0.2) is 21.9 Å². The monoisotopic (exact) mass is 411 g/mol. The van der Waals surface area contributed by atoms with Crippen molar-refractivity contribution in [3.05, 3.63) is 100 Å². The summed E-state index contributed by atoms with van der Waals surface area (Å²) in [5.41, 5.74) is 5.23. The van der Waals surface area contributed by atoms with E-state index in [2.05, 4.69) is 20.9 Å². The van der Waals surface area contributed by atoms with Crippen molar-refractivity contribution in [3.63, 3.8) is 0 Å². The fourth-order valence-electron chi connectivity index (χ4n) is 3.18. The Morgan fingerprint density at radius 2 is 1.58 bits per heavy atom. The molecular weight excluding hydrogens is 390 g/mol. The minimum atomic E-state index is -0.475. The van der Waals surface area contributed by atoms with Crippen LogP contribution in [0.1, 0.15) is 23.0 Å². The van der Waals surface area contributed by atoms with Gasteiger partial charge in [-0.1, -0.05) is 48.5 Å². The molecule has 0 spiro atoms. The molecule has 0 aliphatic carbocycles. The molecule has 0 atom stereocenters. The van der Waals surface area contributed by atoms with E-state index in [0.29, 0.717) is 17.3 Å². The number of carbonyl (C=O) groups excluding carboxylic acids is 1. The molecule has 0 fully saturated rings. The zero-order valence-corrected chi connectivity index (χ0v) is 16.9. The van der Waals surface area contributed by atoms with E-state index in [9.17, 15) is 9.59 Å². The van der Waals surface area contributed by atoms with Crippen LogP contribution >= 0.6 is 0 Å². The molecule has 31 heavy (non-hydrogen) atoms. The second kappa shape index (κ2) is 9.04. The molecule has 7 nitrogen and oxygen atoms in total. The smallest absolute Gasteiger partial charge is 0.292 e. The minimum absolute atomic E-state index is 0.164. The molecular formula is C24H21N5O2. The molecule has 4 aromatic rings. The molecule has 1 heterocycles. The number of fused-ring (bicyclic) bond motifs is 1. The van der Waals surface area contributed by atoms with Gasteiger partial charge in [-0.05, 0) is 42.8 Å². The van der Waals surface area contributed by atoms with Crippen LogP contribution < -0.4 is 16.3 Å². The van der Waals surface area contributed by atoms with Crippen molar-refractivity contribution in [1.29, 1.82) is 0 Å². The fraction of sp³-hybridized carbons (Fsp3) is 0.0833. The van der Waals surface area contributed by atoms with Crippen molar-refractivity contribution < 1.29 is 4.79 Å². The van der Waals surface area contributed by atoms with E-state index >= 15 is 0 Å². The summed E-state index contributed by atoms with van der Waals surface area (Å²) >= 11 is 0. The SMILES string of the molecule is CCn1nc(C(=O)N/N=C\c2ccc(Nc3ccccc3)cc2)c2ccccc2c1=O. The number of para-hydroxylation sites is 1. The van der Waals surface area contributed by atoms with Crippen LogP contribution in [0.4, 0.5) is 11.4 Å². The van der Waals surface area contributed by atoms with Crippen LogP contribution in [0.25, 0.3) is 10.8 Å². The van der Waals surface area contributed by atoms with Crippen molar-refractivity contribution >= 4 is 34.3 Å². The molecule has 7 heteroatoms. The van der Waals surface area contributed by atoms with Gasteiger partial charge in [-0.15, -0.1) is 0 Å². The van der Waals surface area contributed by atoms with Gasteiger partial charge in [0.05, 0.1) is 11.6 Å². The number of carbonyl (C=O) groups is 1. The number of aryl methyl sites for hydroxylation is 1. The first kappa shape index (κ1) is 20.0. The molecule has 1 aromatic heterocycles. The highest BCUT2D eigenvalue weighted by Crippen LogP contribution is 2.16. The lowest BCUT2D eigenvalue weighted by molar-refractivity contribution is 0.0949. The van der Waals surface area contributed by atoms with Crippen LogP contribution in [0.5, 0.6) is 0 Å². The van der Waals surface area contributed by atoms with E-state index in [-0.39, 0.29) is 11.3 Å². The third-order valence-corrected chi connectivity index (χ3v) is 4.74. The molecule has 0 saturated heterocycles. The van der Waals surface area contributed by atoms with E-state index in [1.165, 1.54) is 4.68 Å². The Bertz CT molecular complexity index is 1300. The maximum atomic E-state index is 12.7. The molecule has 0 bridgehead atoms. The topological polar surface area (TPSA) is 88.4 Å². The van der Waals surface area contributed by atoms with Crippen LogP contribution in [0, 0.1) is 0 Å². The van der Waals surface area contributed by atoms with Gasteiger partial charge >= 0.3 is 0 Å².